The number of ether oxygens (including phenoxy) is 2. The quantitative estimate of drug-likeness (QED) is 0.771. The standard InChI is InChI=1S/C9H5F7O2/c10-7(11)4-2-1-3-5(17-8(12)13)6(4)18-9(14,15)16/h1-3,7-8H. The van der Waals surface area contributed by atoms with Gasteiger partial charge in [-0.15, -0.1) is 13.2 Å². The lowest BCUT2D eigenvalue weighted by atomic mass is 10.2. The van der Waals surface area contributed by atoms with Crippen LogP contribution in [0.2, 0.25) is 0 Å². The normalized spacial score (nSPS) is 12.1. The highest BCUT2D eigenvalue weighted by molar-refractivity contribution is 5.47. The molecule has 0 aromatic heterocycles. The van der Waals surface area contributed by atoms with Crippen molar-refractivity contribution in [1.82, 2.24) is 0 Å². The molecule has 0 aliphatic rings. The smallest absolute Gasteiger partial charge is 0.431 e. The Morgan fingerprint density at radius 3 is 2.06 bits per heavy atom. The van der Waals surface area contributed by atoms with Gasteiger partial charge in [-0.05, 0) is 12.1 Å². The first-order valence-corrected chi connectivity index (χ1v) is 4.32. The zero-order valence-corrected chi connectivity index (χ0v) is 8.35. The molecule has 1 rings (SSSR count). The summed E-state index contributed by atoms with van der Waals surface area (Å²) in [5.74, 6) is -2.58. The third-order valence-electron chi connectivity index (χ3n) is 1.68. The van der Waals surface area contributed by atoms with Crippen molar-refractivity contribution in [3.8, 4) is 11.5 Å². The van der Waals surface area contributed by atoms with Crippen molar-refractivity contribution in [2.24, 2.45) is 0 Å². The maximum absolute atomic E-state index is 12.4. The van der Waals surface area contributed by atoms with E-state index < -0.39 is 36.5 Å². The van der Waals surface area contributed by atoms with Gasteiger partial charge in [-0.1, -0.05) is 6.07 Å². The molecule has 0 aliphatic carbocycles. The van der Waals surface area contributed by atoms with Gasteiger partial charge in [-0.3, -0.25) is 0 Å². The van der Waals surface area contributed by atoms with Crippen molar-refractivity contribution < 1.29 is 40.2 Å². The molecule has 1 aromatic carbocycles. The van der Waals surface area contributed by atoms with Crippen molar-refractivity contribution in [1.29, 1.82) is 0 Å². The molecule has 0 atom stereocenters. The molecule has 0 saturated heterocycles. The minimum atomic E-state index is -5.30. The summed E-state index contributed by atoms with van der Waals surface area (Å²) in [5.41, 5.74) is -1.19. The van der Waals surface area contributed by atoms with Gasteiger partial charge in [-0.2, -0.15) is 8.78 Å². The van der Waals surface area contributed by atoms with Gasteiger partial charge in [0.1, 0.15) is 0 Å². The van der Waals surface area contributed by atoms with Gasteiger partial charge >= 0.3 is 13.0 Å². The molecule has 0 aliphatic heterocycles. The largest absolute Gasteiger partial charge is 0.573 e. The number of alkyl halides is 7. The summed E-state index contributed by atoms with van der Waals surface area (Å²) < 4.78 is 91.7. The van der Waals surface area contributed by atoms with Gasteiger partial charge in [0.2, 0.25) is 0 Å². The molecule has 0 fully saturated rings. The van der Waals surface area contributed by atoms with Crippen molar-refractivity contribution in [3.63, 3.8) is 0 Å². The molecule has 2 nitrogen and oxygen atoms in total. The molecule has 0 radical (unpaired) electrons. The topological polar surface area (TPSA) is 18.5 Å². The number of benzene rings is 1. The average Bonchev–Trinajstić information content (AvgIpc) is 2.17. The summed E-state index contributed by atoms with van der Waals surface area (Å²) in [6.07, 6.45) is -8.63. The summed E-state index contributed by atoms with van der Waals surface area (Å²) >= 11 is 0. The van der Waals surface area contributed by atoms with Crippen LogP contribution in [0.4, 0.5) is 30.7 Å². The van der Waals surface area contributed by atoms with Crippen LogP contribution in [-0.4, -0.2) is 13.0 Å². The van der Waals surface area contributed by atoms with Crippen LogP contribution in [0.25, 0.3) is 0 Å². The average molecular weight is 278 g/mol. The van der Waals surface area contributed by atoms with Crippen LogP contribution in [0, 0.1) is 0 Å². The lowest BCUT2D eigenvalue weighted by molar-refractivity contribution is -0.276. The van der Waals surface area contributed by atoms with Crippen LogP contribution in [-0.2, 0) is 0 Å². The van der Waals surface area contributed by atoms with Crippen molar-refractivity contribution in [2.75, 3.05) is 0 Å². The highest BCUT2D eigenvalue weighted by Gasteiger charge is 2.35. The Morgan fingerprint density at radius 2 is 1.61 bits per heavy atom. The minimum absolute atomic E-state index is 0.615. The maximum Gasteiger partial charge on any atom is 0.573 e. The fourth-order valence-corrected chi connectivity index (χ4v) is 1.12. The molecule has 0 spiro atoms. The van der Waals surface area contributed by atoms with Crippen LogP contribution in [0.1, 0.15) is 12.0 Å². The van der Waals surface area contributed by atoms with E-state index in [9.17, 15) is 30.7 Å². The molecular formula is C9H5F7O2. The van der Waals surface area contributed by atoms with E-state index in [4.69, 9.17) is 0 Å². The summed E-state index contributed by atoms with van der Waals surface area (Å²) in [4.78, 5) is 0. The van der Waals surface area contributed by atoms with Crippen LogP contribution in [0.15, 0.2) is 18.2 Å². The van der Waals surface area contributed by atoms with Gasteiger partial charge in [-0.25, -0.2) is 8.78 Å². The van der Waals surface area contributed by atoms with Gasteiger partial charge < -0.3 is 9.47 Å². The Morgan fingerprint density at radius 1 is 1.00 bits per heavy atom. The molecule has 0 heterocycles. The van der Waals surface area contributed by atoms with E-state index in [2.05, 4.69) is 9.47 Å². The third-order valence-corrected chi connectivity index (χ3v) is 1.68. The molecule has 102 valence electrons. The second-order valence-corrected chi connectivity index (χ2v) is 2.90. The second kappa shape index (κ2) is 5.32. The fraction of sp³-hybridized carbons (Fsp3) is 0.333. The van der Waals surface area contributed by atoms with E-state index in [0.29, 0.717) is 12.1 Å². The zero-order valence-electron chi connectivity index (χ0n) is 8.35. The minimum Gasteiger partial charge on any atom is -0.431 e. The zero-order chi connectivity index (χ0) is 13.9. The van der Waals surface area contributed by atoms with E-state index in [-0.39, 0.29) is 0 Å². The Bertz CT molecular complexity index is 402. The van der Waals surface area contributed by atoms with Crippen LogP contribution >= 0.6 is 0 Å². The third kappa shape index (κ3) is 3.97. The summed E-state index contributed by atoms with van der Waals surface area (Å²) in [5, 5.41) is 0. The van der Waals surface area contributed by atoms with E-state index in [1.165, 1.54) is 0 Å². The Kier molecular flexibility index (Phi) is 4.25. The number of para-hydroxylation sites is 1. The van der Waals surface area contributed by atoms with Gasteiger partial charge in [0.05, 0.1) is 5.56 Å². The Hall–Kier alpha value is -1.67. The van der Waals surface area contributed by atoms with E-state index in [1.54, 1.807) is 0 Å². The summed E-state index contributed by atoms with van der Waals surface area (Å²) in [6.45, 7) is -3.46. The van der Waals surface area contributed by atoms with E-state index in [1.807, 2.05) is 0 Å². The highest BCUT2D eigenvalue weighted by Crippen LogP contribution is 2.40. The Labute approximate surface area is 95.9 Å². The van der Waals surface area contributed by atoms with Crippen molar-refractivity contribution in [3.05, 3.63) is 23.8 Å². The predicted octanol–water partition coefficient (Wildman–Crippen LogP) is 4.12. The van der Waals surface area contributed by atoms with E-state index in [0.717, 1.165) is 6.07 Å². The molecular weight excluding hydrogens is 273 g/mol. The van der Waals surface area contributed by atoms with Crippen LogP contribution < -0.4 is 9.47 Å². The molecule has 0 saturated carbocycles. The van der Waals surface area contributed by atoms with Crippen molar-refractivity contribution in [2.45, 2.75) is 19.4 Å². The van der Waals surface area contributed by atoms with Gasteiger partial charge in [0, 0.05) is 0 Å². The number of hydrogen-bond acceptors (Lipinski definition) is 2. The van der Waals surface area contributed by atoms with Crippen LogP contribution in [0.5, 0.6) is 11.5 Å². The van der Waals surface area contributed by atoms with E-state index >= 15 is 0 Å². The molecule has 1 aromatic rings. The molecule has 0 unspecified atom stereocenters. The highest BCUT2D eigenvalue weighted by atomic mass is 19.4. The monoisotopic (exact) mass is 278 g/mol. The SMILES string of the molecule is FC(F)Oc1cccc(C(F)F)c1OC(F)(F)F. The fourth-order valence-electron chi connectivity index (χ4n) is 1.12. The molecule has 0 bridgehead atoms. The maximum atomic E-state index is 12.4. The molecule has 0 amide bonds. The number of halogens is 7. The lowest BCUT2D eigenvalue weighted by Crippen LogP contribution is -2.19. The second-order valence-electron chi connectivity index (χ2n) is 2.90. The summed E-state index contributed by atoms with van der Waals surface area (Å²) in [7, 11) is 0. The Balaban J connectivity index is 3.21. The van der Waals surface area contributed by atoms with Crippen molar-refractivity contribution >= 4 is 0 Å². The lowest BCUT2D eigenvalue weighted by Gasteiger charge is -2.16. The first-order valence-electron chi connectivity index (χ1n) is 4.32. The number of hydrogen-bond donors (Lipinski definition) is 0. The molecule has 18 heavy (non-hydrogen) atoms. The molecule has 9 heteroatoms. The van der Waals surface area contributed by atoms with Gasteiger partial charge in [0.25, 0.3) is 6.43 Å². The predicted molar refractivity (Wildman–Crippen MR) is 44.7 cm³/mol. The molecule has 0 N–H and O–H groups in total. The first-order chi connectivity index (χ1) is 8.20. The summed E-state index contributed by atoms with van der Waals surface area (Å²) in [6, 6.07) is 2.13. The first kappa shape index (κ1) is 14.4. The number of rotatable bonds is 4. The van der Waals surface area contributed by atoms with Gasteiger partial charge in [0.15, 0.2) is 11.5 Å². The van der Waals surface area contributed by atoms with Crippen LogP contribution in [0.3, 0.4) is 0 Å².